The topological polar surface area (TPSA) is 48.4 Å². The fraction of sp³-hybridized carbons (Fsp3) is 0.429. The monoisotopic (exact) mass is 245 g/mol. The molecular formula is C14H15NO3. The van der Waals surface area contributed by atoms with Crippen LogP contribution in [0.4, 0.5) is 0 Å². The van der Waals surface area contributed by atoms with Gasteiger partial charge in [0.05, 0.1) is 7.11 Å². The van der Waals surface area contributed by atoms with Gasteiger partial charge in [0, 0.05) is 17.9 Å². The van der Waals surface area contributed by atoms with Crippen LogP contribution in [0.25, 0.3) is 0 Å². The highest BCUT2D eigenvalue weighted by molar-refractivity contribution is 5.87. The largest absolute Gasteiger partial charge is 0.464 e. The zero-order valence-corrected chi connectivity index (χ0v) is 10.5. The van der Waals surface area contributed by atoms with Crippen LogP contribution in [0.3, 0.4) is 0 Å². The molecule has 1 fully saturated rings. The molecule has 0 radical (unpaired) electrons. The van der Waals surface area contributed by atoms with Gasteiger partial charge in [-0.05, 0) is 31.9 Å². The Balaban J connectivity index is 2.22. The first-order valence-corrected chi connectivity index (χ1v) is 5.89. The Labute approximate surface area is 106 Å². The third-order valence-corrected chi connectivity index (χ3v) is 2.66. The van der Waals surface area contributed by atoms with Crippen LogP contribution in [0.15, 0.2) is 12.1 Å². The van der Waals surface area contributed by atoms with Crippen LogP contribution in [0, 0.1) is 18.8 Å². The Morgan fingerprint density at radius 3 is 3.06 bits per heavy atom. The van der Waals surface area contributed by atoms with Gasteiger partial charge in [0.25, 0.3) is 0 Å². The van der Waals surface area contributed by atoms with Crippen molar-refractivity contribution in [2.75, 3.05) is 13.7 Å². The van der Waals surface area contributed by atoms with E-state index in [-0.39, 0.29) is 11.8 Å². The quantitative estimate of drug-likeness (QED) is 0.558. The third-order valence-electron chi connectivity index (χ3n) is 2.66. The fourth-order valence-corrected chi connectivity index (χ4v) is 1.81. The second kappa shape index (κ2) is 5.65. The number of carbonyl (C=O) groups is 1. The van der Waals surface area contributed by atoms with Crippen LogP contribution in [0.5, 0.6) is 0 Å². The van der Waals surface area contributed by atoms with Gasteiger partial charge >= 0.3 is 5.97 Å². The average Bonchev–Trinajstić information content (AvgIpc) is 2.88. The van der Waals surface area contributed by atoms with Crippen LogP contribution < -0.4 is 0 Å². The van der Waals surface area contributed by atoms with E-state index in [1.807, 2.05) is 13.0 Å². The second-order valence-corrected chi connectivity index (χ2v) is 4.15. The maximum absolute atomic E-state index is 11.4. The molecule has 1 saturated heterocycles. The SMILES string of the molecule is COC(=O)c1cc(C#CC2CCCO2)cc(C)n1. The van der Waals surface area contributed by atoms with Crippen molar-refractivity contribution in [2.24, 2.45) is 0 Å². The lowest BCUT2D eigenvalue weighted by Crippen LogP contribution is -2.06. The second-order valence-electron chi connectivity index (χ2n) is 4.15. The Hall–Kier alpha value is -1.86. The number of nitrogens with zero attached hydrogens (tertiary/aromatic N) is 1. The number of hydrogen-bond acceptors (Lipinski definition) is 4. The minimum Gasteiger partial charge on any atom is -0.464 e. The predicted molar refractivity (Wildman–Crippen MR) is 66.2 cm³/mol. The van der Waals surface area contributed by atoms with Crippen molar-refractivity contribution in [3.8, 4) is 11.8 Å². The Morgan fingerprint density at radius 1 is 1.56 bits per heavy atom. The summed E-state index contributed by atoms with van der Waals surface area (Å²) in [5.74, 6) is 5.64. The van der Waals surface area contributed by atoms with Crippen molar-refractivity contribution < 1.29 is 14.3 Å². The summed E-state index contributed by atoms with van der Waals surface area (Å²) in [5.41, 5.74) is 1.79. The molecule has 2 rings (SSSR count). The molecule has 1 aliphatic rings. The van der Waals surface area contributed by atoms with Crippen molar-refractivity contribution >= 4 is 5.97 Å². The zero-order chi connectivity index (χ0) is 13.0. The van der Waals surface area contributed by atoms with Crippen molar-refractivity contribution in [1.82, 2.24) is 4.98 Å². The van der Waals surface area contributed by atoms with Crippen molar-refractivity contribution in [3.05, 3.63) is 29.1 Å². The first-order valence-electron chi connectivity index (χ1n) is 5.89. The van der Waals surface area contributed by atoms with Crippen LogP contribution in [0.1, 0.15) is 34.6 Å². The normalized spacial score (nSPS) is 18.0. The number of aromatic nitrogens is 1. The summed E-state index contributed by atoms with van der Waals surface area (Å²) < 4.78 is 10.1. The summed E-state index contributed by atoms with van der Waals surface area (Å²) in [4.78, 5) is 15.5. The van der Waals surface area contributed by atoms with Gasteiger partial charge in [0.1, 0.15) is 11.8 Å². The maximum atomic E-state index is 11.4. The molecule has 1 aromatic rings. The van der Waals surface area contributed by atoms with E-state index < -0.39 is 5.97 Å². The number of hydrogen-bond donors (Lipinski definition) is 0. The Morgan fingerprint density at radius 2 is 2.39 bits per heavy atom. The molecule has 0 saturated carbocycles. The van der Waals surface area contributed by atoms with Gasteiger partial charge < -0.3 is 9.47 Å². The highest BCUT2D eigenvalue weighted by atomic mass is 16.5. The molecule has 0 bridgehead atoms. The lowest BCUT2D eigenvalue weighted by molar-refractivity contribution is 0.0593. The summed E-state index contributed by atoms with van der Waals surface area (Å²) in [7, 11) is 1.34. The molecule has 4 nitrogen and oxygen atoms in total. The molecule has 0 aromatic carbocycles. The number of ether oxygens (including phenoxy) is 2. The minimum atomic E-state index is -0.445. The van der Waals surface area contributed by atoms with Crippen molar-refractivity contribution in [3.63, 3.8) is 0 Å². The van der Waals surface area contributed by atoms with Gasteiger partial charge in [-0.2, -0.15) is 0 Å². The maximum Gasteiger partial charge on any atom is 0.356 e. The summed E-state index contributed by atoms with van der Waals surface area (Å²) in [5, 5.41) is 0. The van der Waals surface area contributed by atoms with Crippen molar-refractivity contribution in [1.29, 1.82) is 0 Å². The highest BCUT2D eigenvalue weighted by Gasteiger charge is 2.12. The van der Waals surface area contributed by atoms with Gasteiger partial charge in [-0.1, -0.05) is 11.8 Å². The van der Waals surface area contributed by atoms with Gasteiger partial charge in [0.2, 0.25) is 0 Å². The molecule has 0 spiro atoms. The number of methoxy groups -OCH3 is 1. The predicted octanol–water partition coefficient (Wildman–Crippen LogP) is 1.71. The van der Waals surface area contributed by atoms with E-state index in [1.54, 1.807) is 6.07 Å². The molecule has 0 aliphatic carbocycles. The zero-order valence-electron chi connectivity index (χ0n) is 10.5. The van der Waals surface area contributed by atoms with Gasteiger partial charge in [0.15, 0.2) is 0 Å². The summed E-state index contributed by atoms with van der Waals surface area (Å²) in [6, 6.07) is 3.48. The molecular weight excluding hydrogens is 230 g/mol. The van der Waals surface area contributed by atoms with E-state index in [1.165, 1.54) is 7.11 Å². The standard InChI is InChI=1S/C14H15NO3/c1-10-8-11(5-6-12-4-3-7-18-12)9-13(15-10)14(16)17-2/h8-9,12H,3-4,7H2,1-2H3. The molecule has 94 valence electrons. The molecule has 0 N–H and O–H groups in total. The summed E-state index contributed by atoms with van der Waals surface area (Å²) in [6.07, 6.45) is 2.04. The number of carbonyl (C=O) groups excluding carboxylic acids is 1. The molecule has 0 amide bonds. The molecule has 1 atom stereocenters. The van der Waals surface area contributed by atoms with Crippen LogP contribution >= 0.6 is 0 Å². The molecule has 1 unspecified atom stereocenters. The number of rotatable bonds is 1. The average molecular weight is 245 g/mol. The van der Waals surface area contributed by atoms with E-state index in [0.29, 0.717) is 0 Å². The first kappa shape index (κ1) is 12.6. The van der Waals surface area contributed by atoms with Gasteiger partial charge in [-0.25, -0.2) is 9.78 Å². The molecule has 2 heterocycles. The summed E-state index contributed by atoms with van der Waals surface area (Å²) >= 11 is 0. The van der Waals surface area contributed by atoms with Crippen LogP contribution in [0.2, 0.25) is 0 Å². The van der Waals surface area contributed by atoms with Crippen LogP contribution in [-0.4, -0.2) is 30.8 Å². The smallest absolute Gasteiger partial charge is 0.356 e. The first-order chi connectivity index (χ1) is 8.69. The van der Waals surface area contributed by atoms with Crippen LogP contribution in [-0.2, 0) is 9.47 Å². The molecule has 1 aliphatic heterocycles. The van der Waals surface area contributed by atoms with E-state index in [4.69, 9.17) is 4.74 Å². The lowest BCUT2D eigenvalue weighted by atomic mass is 10.1. The van der Waals surface area contributed by atoms with Gasteiger partial charge in [-0.15, -0.1) is 0 Å². The Kier molecular flexibility index (Phi) is 3.96. The number of esters is 1. The molecule has 1 aromatic heterocycles. The number of pyridine rings is 1. The van der Waals surface area contributed by atoms with E-state index in [9.17, 15) is 4.79 Å². The third kappa shape index (κ3) is 3.08. The molecule has 4 heteroatoms. The Bertz CT molecular complexity index is 508. The lowest BCUT2D eigenvalue weighted by Gasteiger charge is -2.01. The van der Waals surface area contributed by atoms with Gasteiger partial charge in [-0.3, -0.25) is 0 Å². The fourth-order valence-electron chi connectivity index (χ4n) is 1.81. The van der Waals surface area contributed by atoms with Crippen molar-refractivity contribution in [2.45, 2.75) is 25.9 Å². The molecule has 18 heavy (non-hydrogen) atoms. The highest BCUT2D eigenvalue weighted by Crippen LogP contribution is 2.11. The van der Waals surface area contributed by atoms with E-state index in [0.717, 1.165) is 30.7 Å². The minimum absolute atomic E-state index is 0.0139. The number of aryl methyl sites for hydroxylation is 1. The summed E-state index contributed by atoms with van der Waals surface area (Å²) in [6.45, 7) is 2.60. The van der Waals surface area contributed by atoms with E-state index >= 15 is 0 Å². The van der Waals surface area contributed by atoms with E-state index in [2.05, 4.69) is 21.6 Å².